The Balaban J connectivity index is 1.50. The van der Waals surface area contributed by atoms with E-state index in [-0.39, 0.29) is 22.1 Å². The summed E-state index contributed by atoms with van der Waals surface area (Å²) in [5, 5.41) is 0.964. The molecule has 1 fully saturated rings. The highest BCUT2D eigenvalue weighted by Gasteiger charge is 2.27. The Bertz CT molecular complexity index is 1160. The zero-order chi connectivity index (χ0) is 20.6. The van der Waals surface area contributed by atoms with Gasteiger partial charge in [0, 0.05) is 26.2 Å². The molecule has 0 N–H and O–H groups in total. The number of piperazine rings is 1. The van der Waals surface area contributed by atoms with E-state index in [0.717, 1.165) is 15.3 Å². The fourth-order valence-corrected chi connectivity index (χ4v) is 5.70. The Labute approximate surface area is 174 Å². The standard InChI is InChI=1S/C21H23N3O3S2/c1-3-29(26,27)19-7-5-4-6-16(19)20(25)23-10-12-24(13-11-23)21-22-17-9-8-15(2)14-18(17)28-21/h4-9,14H,3,10-13H2,1-2H3. The molecule has 0 spiro atoms. The summed E-state index contributed by atoms with van der Waals surface area (Å²) in [6.45, 7) is 6.08. The zero-order valence-corrected chi connectivity index (χ0v) is 18.1. The van der Waals surface area contributed by atoms with Crippen molar-refractivity contribution >= 4 is 42.4 Å². The zero-order valence-electron chi connectivity index (χ0n) is 16.5. The maximum atomic E-state index is 13.0. The lowest BCUT2D eigenvalue weighted by Crippen LogP contribution is -2.49. The molecule has 2 heterocycles. The third-order valence-electron chi connectivity index (χ3n) is 5.20. The highest BCUT2D eigenvalue weighted by atomic mass is 32.2. The van der Waals surface area contributed by atoms with Crippen molar-refractivity contribution in [3.63, 3.8) is 0 Å². The molecule has 8 heteroatoms. The number of rotatable bonds is 4. The Kier molecular flexibility index (Phi) is 5.31. The van der Waals surface area contributed by atoms with Gasteiger partial charge in [-0.2, -0.15) is 0 Å². The van der Waals surface area contributed by atoms with Crippen LogP contribution in [0.5, 0.6) is 0 Å². The van der Waals surface area contributed by atoms with Gasteiger partial charge in [0.1, 0.15) is 0 Å². The summed E-state index contributed by atoms with van der Waals surface area (Å²) in [5.74, 6) is -0.250. The summed E-state index contributed by atoms with van der Waals surface area (Å²) < 4.78 is 25.9. The van der Waals surface area contributed by atoms with Crippen molar-refractivity contribution < 1.29 is 13.2 Å². The maximum absolute atomic E-state index is 13.0. The molecule has 1 aliphatic rings. The van der Waals surface area contributed by atoms with Gasteiger partial charge in [0.2, 0.25) is 0 Å². The molecule has 1 aliphatic heterocycles. The molecule has 0 bridgehead atoms. The van der Waals surface area contributed by atoms with E-state index in [4.69, 9.17) is 4.98 Å². The number of thiazole rings is 1. The van der Waals surface area contributed by atoms with Gasteiger partial charge >= 0.3 is 0 Å². The van der Waals surface area contributed by atoms with Crippen molar-refractivity contribution in [2.45, 2.75) is 18.7 Å². The van der Waals surface area contributed by atoms with Gasteiger partial charge in [-0.1, -0.05) is 36.5 Å². The maximum Gasteiger partial charge on any atom is 0.255 e. The highest BCUT2D eigenvalue weighted by Crippen LogP contribution is 2.30. The van der Waals surface area contributed by atoms with E-state index >= 15 is 0 Å². The van der Waals surface area contributed by atoms with Gasteiger partial charge in [-0.25, -0.2) is 13.4 Å². The van der Waals surface area contributed by atoms with Gasteiger partial charge in [0.05, 0.1) is 26.4 Å². The van der Waals surface area contributed by atoms with Crippen molar-refractivity contribution in [3.8, 4) is 0 Å². The van der Waals surface area contributed by atoms with E-state index in [1.165, 1.54) is 11.6 Å². The van der Waals surface area contributed by atoms with Crippen LogP contribution in [-0.4, -0.2) is 56.1 Å². The number of amides is 1. The second kappa shape index (κ2) is 7.76. The van der Waals surface area contributed by atoms with E-state index in [1.54, 1.807) is 41.4 Å². The molecule has 1 saturated heterocycles. The number of carbonyl (C=O) groups is 1. The van der Waals surface area contributed by atoms with Crippen molar-refractivity contribution in [1.82, 2.24) is 9.88 Å². The molecule has 4 rings (SSSR count). The predicted molar refractivity (Wildman–Crippen MR) is 117 cm³/mol. The molecule has 0 atom stereocenters. The fraction of sp³-hybridized carbons (Fsp3) is 0.333. The lowest BCUT2D eigenvalue weighted by Gasteiger charge is -2.34. The van der Waals surface area contributed by atoms with Crippen molar-refractivity contribution in [2.24, 2.45) is 0 Å². The third kappa shape index (κ3) is 3.86. The van der Waals surface area contributed by atoms with Crippen molar-refractivity contribution in [1.29, 1.82) is 0 Å². The van der Waals surface area contributed by atoms with Crippen molar-refractivity contribution in [3.05, 3.63) is 53.6 Å². The monoisotopic (exact) mass is 429 g/mol. The largest absolute Gasteiger partial charge is 0.345 e. The van der Waals surface area contributed by atoms with Gasteiger partial charge in [0.15, 0.2) is 15.0 Å². The quantitative estimate of drug-likeness (QED) is 0.636. The first-order valence-electron chi connectivity index (χ1n) is 9.62. The first kappa shape index (κ1) is 19.8. The molecule has 0 radical (unpaired) electrons. The minimum Gasteiger partial charge on any atom is -0.345 e. The van der Waals surface area contributed by atoms with Crippen LogP contribution in [0.15, 0.2) is 47.4 Å². The third-order valence-corrected chi connectivity index (χ3v) is 8.07. The van der Waals surface area contributed by atoms with Crippen LogP contribution in [0.1, 0.15) is 22.8 Å². The first-order chi connectivity index (χ1) is 13.9. The average molecular weight is 430 g/mol. The molecular formula is C21H23N3O3S2. The number of hydrogen-bond donors (Lipinski definition) is 0. The number of carbonyl (C=O) groups excluding carboxylic acids is 1. The van der Waals surface area contributed by atoms with E-state index < -0.39 is 9.84 Å². The topological polar surface area (TPSA) is 70.6 Å². The van der Waals surface area contributed by atoms with Gasteiger partial charge in [-0.05, 0) is 36.8 Å². The number of aromatic nitrogens is 1. The van der Waals surface area contributed by atoms with Crippen LogP contribution < -0.4 is 4.90 Å². The summed E-state index contributed by atoms with van der Waals surface area (Å²) in [6.07, 6.45) is 0. The summed E-state index contributed by atoms with van der Waals surface area (Å²) in [6, 6.07) is 12.7. The molecular weight excluding hydrogens is 406 g/mol. The molecule has 6 nitrogen and oxygen atoms in total. The van der Waals surface area contributed by atoms with Crippen LogP contribution in [0.2, 0.25) is 0 Å². The average Bonchev–Trinajstić information content (AvgIpc) is 3.16. The molecule has 0 saturated carbocycles. The van der Waals surface area contributed by atoms with Crippen molar-refractivity contribution in [2.75, 3.05) is 36.8 Å². The molecule has 0 unspecified atom stereocenters. The molecule has 0 aliphatic carbocycles. The first-order valence-corrected chi connectivity index (χ1v) is 12.1. The Morgan fingerprint density at radius 2 is 1.83 bits per heavy atom. The van der Waals surface area contributed by atoms with E-state index in [1.807, 2.05) is 6.07 Å². The lowest BCUT2D eigenvalue weighted by molar-refractivity contribution is 0.0743. The fourth-order valence-electron chi connectivity index (χ4n) is 3.50. The number of anilines is 1. The van der Waals surface area contributed by atoms with E-state index in [0.29, 0.717) is 26.2 Å². The number of benzene rings is 2. The van der Waals surface area contributed by atoms with Gasteiger partial charge < -0.3 is 9.80 Å². The summed E-state index contributed by atoms with van der Waals surface area (Å²) in [4.78, 5) is 21.8. The van der Waals surface area contributed by atoms with Gasteiger partial charge in [0.25, 0.3) is 5.91 Å². The smallest absolute Gasteiger partial charge is 0.255 e. The predicted octanol–water partition coefficient (Wildman–Crippen LogP) is 3.36. The SMILES string of the molecule is CCS(=O)(=O)c1ccccc1C(=O)N1CCN(c2nc3ccc(C)cc3s2)CC1. The van der Waals surface area contributed by atoms with Crippen LogP contribution in [-0.2, 0) is 9.84 Å². The molecule has 1 aromatic heterocycles. The number of fused-ring (bicyclic) bond motifs is 1. The van der Waals surface area contributed by atoms with Crippen LogP contribution >= 0.6 is 11.3 Å². The lowest BCUT2D eigenvalue weighted by atomic mass is 10.2. The minimum atomic E-state index is -3.45. The van der Waals surface area contributed by atoms with E-state index in [2.05, 4.69) is 24.0 Å². The summed E-state index contributed by atoms with van der Waals surface area (Å²) in [5.41, 5.74) is 2.47. The number of hydrogen-bond acceptors (Lipinski definition) is 6. The minimum absolute atomic E-state index is 0.0256. The van der Waals surface area contributed by atoms with Gasteiger partial charge in [-0.15, -0.1) is 0 Å². The van der Waals surface area contributed by atoms with Crippen LogP contribution in [0.25, 0.3) is 10.2 Å². The van der Waals surface area contributed by atoms with Crippen LogP contribution in [0.4, 0.5) is 5.13 Å². The summed E-state index contributed by atoms with van der Waals surface area (Å²) >= 11 is 1.66. The number of sulfone groups is 1. The summed E-state index contributed by atoms with van der Waals surface area (Å²) in [7, 11) is -3.45. The second-order valence-corrected chi connectivity index (χ2v) is 10.4. The van der Waals surface area contributed by atoms with Gasteiger partial charge in [-0.3, -0.25) is 4.79 Å². The molecule has 152 valence electrons. The highest BCUT2D eigenvalue weighted by molar-refractivity contribution is 7.91. The normalized spacial score (nSPS) is 15.1. The Morgan fingerprint density at radius 3 is 2.55 bits per heavy atom. The molecule has 2 aromatic carbocycles. The Hall–Kier alpha value is -2.45. The molecule has 29 heavy (non-hydrogen) atoms. The Morgan fingerprint density at radius 1 is 1.10 bits per heavy atom. The second-order valence-electron chi connectivity index (χ2n) is 7.15. The van der Waals surface area contributed by atoms with E-state index in [9.17, 15) is 13.2 Å². The number of nitrogens with zero attached hydrogens (tertiary/aromatic N) is 3. The molecule has 1 amide bonds. The van der Waals surface area contributed by atoms with Crippen LogP contribution in [0, 0.1) is 6.92 Å². The van der Waals surface area contributed by atoms with Crippen LogP contribution in [0.3, 0.4) is 0 Å². The molecule has 3 aromatic rings. The number of aryl methyl sites for hydroxylation is 1.